The lowest BCUT2D eigenvalue weighted by molar-refractivity contribution is -0.137. The van der Waals surface area contributed by atoms with E-state index in [4.69, 9.17) is 4.42 Å². The van der Waals surface area contributed by atoms with Crippen molar-refractivity contribution >= 4 is 28.8 Å². The summed E-state index contributed by atoms with van der Waals surface area (Å²) in [6, 6.07) is 12.9. The molecule has 0 bridgehead atoms. The van der Waals surface area contributed by atoms with Gasteiger partial charge in [-0.3, -0.25) is 9.59 Å². The van der Waals surface area contributed by atoms with Crippen LogP contribution in [0.5, 0.6) is 0 Å². The van der Waals surface area contributed by atoms with Crippen molar-refractivity contribution < 1.29 is 32.3 Å². The van der Waals surface area contributed by atoms with Crippen molar-refractivity contribution in [2.24, 2.45) is 0 Å². The van der Waals surface area contributed by atoms with Gasteiger partial charge in [-0.15, -0.1) is 0 Å². The van der Waals surface area contributed by atoms with Crippen LogP contribution in [0, 0.1) is 0 Å². The summed E-state index contributed by atoms with van der Waals surface area (Å²) in [6.07, 6.45) is 0.129. The van der Waals surface area contributed by atoms with E-state index in [0.29, 0.717) is 33.8 Å². The molecule has 0 spiro atoms. The van der Waals surface area contributed by atoms with Crippen molar-refractivity contribution in [3.05, 3.63) is 102 Å². The molecular weight excluding hydrogens is 449 g/mol. The number of carbonyl (C=O) groups excluding carboxylic acids is 2. The van der Waals surface area contributed by atoms with Crippen LogP contribution in [0.25, 0.3) is 5.57 Å². The number of hydrogen-bond donors (Lipinski definition) is 3. The maximum atomic E-state index is 12.9. The van der Waals surface area contributed by atoms with Gasteiger partial charge in [0.2, 0.25) is 5.91 Å². The first kappa shape index (κ1) is 23.1. The summed E-state index contributed by atoms with van der Waals surface area (Å²) in [5, 5.41) is 15.1. The van der Waals surface area contributed by atoms with Gasteiger partial charge in [-0.25, -0.2) is 0 Å². The summed E-state index contributed by atoms with van der Waals surface area (Å²) in [5.74, 6) is -0.552. The molecular formula is C25H19F3N2O4. The van der Waals surface area contributed by atoms with E-state index in [-0.39, 0.29) is 6.42 Å². The molecule has 0 radical (unpaired) electrons. The van der Waals surface area contributed by atoms with E-state index in [1.165, 1.54) is 30.5 Å². The first-order chi connectivity index (χ1) is 16.2. The molecule has 174 valence electrons. The highest BCUT2D eigenvalue weighted by atomic mass is 19.4. The van der Waals surface area contributed by atoms with Crippen LogP contribution < -0.4 is 10.6 Å². The van der Waals surface area contributed by atoms with Crippen LogP contribution in [0.1, 0.15) is 22.5 Å². The summed E-state index contributed by atoms with van der Waals surface area (Å²) in [4.78, 5) is 24.1. The van der Waals surface area contributed by atoms with E-state index in [2.05, 4.69) is 10.6 Å². The number of nitrogens with one attached hydrogen (secondary N) is 2. The molecule has 1 atom stereocenters. The molecule has 9 heteroatoms. The number of carbonyl (C=O) groups is 2. The topological polar surface area (TPSA) is 91.6 Å². The summed E-state index contributed by atoms with van der Waals surface area (Å²) in [7, 11) is 0. The largest absolute Gasteiger partial charge is 0.464 e. The number of halogens is 3. The van der Waals surface area contributed by atoms with E-state index in [1.807, 2.05) is 0 Å². The molecule has 4 rings (SSSR count). The van der Waals surface area contributed by atoms with E-state index >= 15 is 0 Å². The number of furan rings is 1. The third-order valence-corrected chi connectivity index (χ3v) is 5.21. The highest BCUT2D eigenvalue weighted by Crippen LogP contribution is 2.32. The molecule has 34 heavy (non-hydrogen) atoms. The predicted molar refractivity (Wildman–Crippen MR) is 120 cm³/mol. The van der Waals surface area contributed by atoms with Crippen LogP contribution in [0.4, 0.5) is 24.5 Å². The zero-order chi connectivity index (χ0) is 24.3. The van der Waals surface area contributed by atoms with Gasteiger partial charge in [0, 0.05) is 35.0 Å². The number of amides is 2. The molecule has 6 nitrogen and oxygen atoms in total. The van der Waals surface area contributed by atoms with Crippen molar-refractivity contribution in [2.75, 3.05) is 10.6 Å². The average Bonchev–Trinajstić information content (AvgIpc) is 3.32. The van der Waals surface area contributed by atoms with Gasteiger partial charge in [-0.2, -0.15) is 13.2 Å². The third-order valence-electron chi connectivity index (χ3n) is 5.21. The molecule has 1 aliphatic rings. The standard InChI is InChI=1S/C25H19F3N2O4/c26-25(27,28)16-11-9-15(10-12-16)17(22-7-3-13-34-22)4-1-8-23(32)29-19-5-2-6-20-18(19)14-21(31)24(33)30-20/h1-13,21,31H,14H2,(H,29,32)(H,30,33)/b8-1+,17-4-. The minimum absolute atomic E-state index is 0.0673. The Hall–Kier alpha value is -4.11. The molecule has 0 fully saturated rings. The third kappa shape index (κ3) is 5.10. The Kier molecular flexibility index (Phi) is 6.38. The van der Waals surface area contributed by atoms with Crippen LogP contribution in [-0.2, 0) is 22.2 Å². The number of alkyl halides is 3. The zero-order valence-electron chi connectivity index (χ0n) is 17.6. The number of hydrogen-bond acceptors (Lipinski definition) is 4. The lowest BCUT2D eigenvalue weighted by atomic mass is 9.99. The molecule has 0 saturated carbocycles. The Bertz CT molecular complexity index is 1260. The maximum Gasteiger partial charge on any atom is 0.416 e. The summed E-state index contributed by atoms with van der Waals surface area (Å²) in [5.41, 5.74) is 1.77. The highest BCUT2D eigenvalue weighted by Gasteiger charge is 2.30. The Balaban J connectivity index is 1.54. The summed E-state index contributed by atoms with van der Waals surface area (Å²) >= 11 is 0. The van der Waals surface area contributed by atoms with Gasteiger partial charge < -0.3 is 20.2 Å². The van der Waals surface area contributed by atoms with Crippen LogP contribution in [-0.4, -0.2) is 23.0 Å². The first-order valence-corrected chi connectivity index (χ1v) is 10.2. The number of rotatable bonds is 5. The van der Waals surface area contributed by atoms with Crippen molar-refractivity contribution in [3.63, 3.8) is 0 Å². The first-order valence-electron chi connectivity index (χ1n) is 10.2. The lowest BCUT2D eigenvalue weighted by Gasteiger charge is -2.23. The van der Waals surface area contributed by atoms with Gasteiger partial charge in [-0.1, -0.05) is 30.4 Å². The fourth-order valence-corrected chi connectivity index (χ4v) is 3.54. The van der Waals surface area contributed by atoms with Crippen molar-refractivity contribution in [3.8, 4) is 0 Å². The molecule has 1 aliphatic heterocycles. The molecule has 3 N–H and O–H groups in total. The molecule has 0 saturated heterocycles. The number of fused-ring (bicyclic) bond motifs is 1. The molecule has 2 heterocycles. The molecule has 3 aromatic rings. The van der Waals surface area contributed by atoms with E-state index in [1.54, 1.807) is 36.4 Å². The van der Waals surface area contributed by atoms with Crippen LogP contribution in [0.3, 0.4) is 0 Å². The molecule has 2 amide bonds. The lowest BCUT2D eigenvalue weighted by Crippen LogP contribution is -2.34. The van der Waals surface area contributed by atoms with Crippen molar-refractivity contribution in [2.45, 2.75) is 18.7 Å². The second-order valence-corrected chi connectivity index (χ2v) is 7.52. The number of benzene rings is 2. The van der Waals surface area contributed by atoms with Gasteiger partial charge in [0.25, 0.3) is 5.91 Å². The zero-order valence-corrected chi connectivity index (χ0v) is 17.6. The quantitative estimate of drug-likeness (QED) is 0.371. The van der Waals surface area contributed by atoms with Gasteiger partial charge in [0.1, 0.15) is 11.9 Å². The molecule has 1 aromatic heterocycles. The smallest absolute Gasteiger partial charge is 0.416 e. The Morgan fingerprint density at radius 1 is 1.12 bits per heavy atom. The molecule has 1 unspecified atom stereocenters. The maximum absolute atomic E-state index is 12.9. The van der Waals surface area contributed by atoms with E-state index in [0.717, 1.165) is 12.1 Å². The van der Waals surface area contributed by atoms with E-state index < -0.39 is 29.7 Å². The van der Waals surface area contributed by atoms with Gasteiger partial charge in [0.15, 0.2) is 0 Å². The SMILES string of the molecule is O=C(/C=C/C=C(/c1ccc(C(F)(F)F)cc1)c1ccco1)Nc1cccc2c1CC(O)C(=O)N2. The number of allylic oxidation sites excluding steroid dienone is 2. The second kappa shape index (κ2) is 9.40. The predicted octanol–water partition coefficient (Wildman–Crippen LogP) is 4.78. The molecule has 0 aliphatic carbocycles. The van der Waals surface area contributed by atoms with Crippen molar-refractivity contribution in [1.82, 2.24) is 0 Å². The average molecular weight is 468 g/mol. The Morgan fingerprint density at radius 2 is 1.88 bits per heavy atom. The van der Waals surface area contributed by atoms with Crippen LogP contribution in [0.15, 0.2) is 83.5 Å². The number of aliphatic hydroxyl groups is 1. The second-order valence-electron chi connectivity index (χ2n) is 7.52. The Morgan fingerprint density at radius 3 is 2.56 bits per heavy atom. The number of anilines is 2. The minimum Gasteiger partial charge on any atom is -0.464 e. The molecule has 2 aromatic carbocycles. The van der Waals surface area contributed by atoms with Gasteiger partial charge in [-0.05, 0) is 42.0 Å². The van der Waals surface area contributed by atoms with Gasteiger partial charge >= 0.3 is 6.18 Å². The minimum atomic E-state index is -4.44. The highest BCUT2D eigenvalue weighted by molar-refractivity contribution is 6.03. The van der Waals surface area contributed by atoms with Crippen LogP contribution in [0.2, 0.25) is 0 Å². The van der Waals surface area contributed by atoms with Gasteiger partial charge in [0.05, 0.1) is 11.8 Å². The fourth-order valence-electron chi connectivity index (χ4n) is 3.54. The van der Waals surface area contributed by atoms with Crippen molar-refractivity contribution in [1.29, 1.82) is 0 Å². The monoisotopic (exact) mass is 468 g/mol. The summed E-state index contributed by atoms with van der Waals surface area (Å²) in [6.45, 7) is 0. The summed E-state index contributed by atoms with van der Waals surface area (Å²) < 4.78 is 44.1. The van der Waals surface area contributed by atoms with E-state index in [9.17, 15) is 27.9 Å². The Labute approximate surface area is 192 Å². The van der Waals surface area contributed by atoms with Crippen LogP contribution >= 0.6 is 0 Å². The number of aliphatic hydroxyl groups excluding tert-OH is 1. The fraction of sp³-hybridized carbons (Fsp3) is 0.120. The normalized spacial score (nSPS) is 16.3.